The van der Waals surface area contributed by atoms with Crippen LogP contribution in [-0.2, 0) is 10.0 Å². The maximum Gasteiger partial charge on any atom is 0.352 e. The molecule has 0 aliphatic rings. The van der Waals surface area contributed by atoms with Crippen LogP contribution in [0.5, 0.6) is 5.75 Å². The van der Waals surface area contributed by atoms with Gasteiger partial charge in [-0.1, -0.05) is 6.07 Å². The van der Waals surface area contributed by atoms with E-state index in [2.05, 4.69) is 9.71 Å². The number of aromatic nitrogens is 1. The highest BCUT2D eigenvalue weighted by Crippen LogP contribution is 2.21. The Kier molecular flexibility index (Phi) is 4.18. The maximum atomic E-state index is 12.1. The van der Waals surface area contributed by atoms with Crippen molar-refractivity contribution in [2.24, 2.45) is 0 Å². The predicted octanol–water partition coefficient (Wildman–Crippen LogP) is 1.91. The van der Waals surface area contributed by atoms with Gasteiger partial charge >= 0.3 is 5.97 Å². The van der Waals surface area contributed by atoms with Gasteiger partial charge in [0.1, 0.15) is 16.3 Å². The molecule has 7 nitrogen and oxygen atoms in total. The minimum Gasteiger partial charge on any atom is -0.494 e. The fraction of sp³-hybridized carbons (Fsp3) is 0.154. The monoisotopic (exact) mass is 310 g/mol. The minimum absolute atomic E-state index is 0.151. The number of carboxylic acids is 1. The molecule has 3 N–H and O–H groups in total. The molecule has 2 aromatic rings. The minimum atomic E-state index is -3.86. The summed E-state index contributed by atoms with van der Waals surface area (Å²) in [4.78, 5) is 13.0. The zero-order valence-electron chi connectivity index (χ0n) is 11.2. The van der Waals surface area contributed by atoms with Crippen LogP contribution < -0.4 is 9.46 Å². The Labute approximate surface area is 121 Å². The number of H-pyrrole nitrogens is 1. The number of hydrogen-bond donors (Lipinski definition) is 3. The van der Waals surface area contributed by atoms with E-state index >= 15 is 0 Å². The van der Waals surface area contributed by atoms with E-state index in [4.69, 9.17) is 9.84 Å². The van der Waals surface area contributed by atoms with E-state index in [1.54, 1.807) is 24.3 Å². The first-order chi connectivity index (χ1) is 9.92. The molecular formula is C13H14N2O5S. The normalized spacial score (nSPS) is 11.1. The number of aromatic carboxylic acids is 1. The number of carboxylic acid groups (broad SMARTS) is 1. The Balaban J connectivity index is 2.24. The standard InChI is InChI=1S/C13H14N2O5S/c1-2-20-10-5-3-4-9(6-10)15-21(18,19)11-7-12(13(16)17)14-8-11/h3-8,14-15H,2H2,1H3,(H,16,17). The van der Waals surface area contributed by atoms with Gasteiger partial charge in [-0.3, -0.25) is 4.72 Å². The van der Waals surface area contributed by atoms with Crippen LogP contribution in [0.1, 0.15) is 17.4 Å². The molecule has 2 rings (SSSR count). The average Bonchev–Trinajstić information content (AvgIpc) is 2.89. The van der Waals surface area contributed by atoms with Crippen molar-refractivity contribution in [3.8, 4) is 5.75 Å². The number of rotatable bonds is 6. The van der Waals surface area contributed by atoms with E-state index in [-0.39, 0.29) is 10.6 Å². The van der Waals surface area contributed by atoms with Crippen LogP contribution in [0.15, 0.2) is 41.4 Å². The highest BCUT2D eigenvalue weighted by atomic mass is 32.2. The molecule has 0 bridgehead atoms. The van der Waals surface area contributed by atoms with Crippen molar-refractivity contribution in [1.29, 1.82) is 0 Å². The van der Waals surface area contributed by atoms with Gasteiger partial charge in [0.15, 0.2) is 0 Å². The molecule has 0 unspecified atom stereocenters. The van der Waals surface area contributed by atoms with Crippen LogP contribution in [0.2, 0.25) is 0 Å². The molecule has 112 valence electrons. The number of anilines is 1. The van der Waals surface area contributed by atoms with Crippen molar-refractivity contribution in [2.75, 3.05) is 11.3 Å². The van der Waals surface area contributed by atoms with E-state index in [0.29, 0.717) is 18.0 Å². The van der Waals surface area contributed by atoms with Crippen molar-refractivity contribution in [1.82, 2.24) is 4.98 Å². The van der Waals surface area contributed by atoms with E-state index in [9.17, 15) is 13.2 Å². The van der Waals surface area contributed by atoms with Gasteiger partial charge in [-0.25, -0.2) is 13.2 Å². The van der Waals surface area contributed by atoms with Crippen LogP contribution in [0.3, 0.4) is 0 Å². The smallest absolute Gasteiger partial charge is 0.352 e. The Morgan fingerprint density at radius 3 is 2.76 bits per heavy atom. The summed E-state index contributed by atoms with van der Waals surface area (Å²) in [6.45, 7) is 2.29. The summed E-state index contributed by atoms with van der Waals surface area (Å²) in [6, 6.07) is 7.54. The molecule has 0 saturated carbocycles. The Morgan fingerprint density at radius 1 is 1.38 bits per heavy atom. The first kappa shape index (κ1) is 14.9. The summed E-state index contributed by atoms with van der Waals surface area (Å²) in [6.07, 6.45) is 1.12. The zero-order valence-corrected chi connectivity index (χ0v) is 12.0. The van der Waals surface area contributed by atoms with Crippen molar-refractivity contribution < 1.29 is 23.1 Å². The third kappa shape index (κ3) is 3.54. The van der Waals surface area contributed by atoms with Crippen LogP contribution >= 0.6 is 0 Å². The summed E-state index contributed by atoms with van der Waals surface area (Å²) in [7, 11) is -3.86. The summed E-state index contributed by atoms with van der Waals surface area (Å²) in [5.74, 6) is -0.687. The Morgan fingerprint density at radius 2 is 2.14 bits per heavy atom. The van der Waals surface area contributed by atoms with Crippen molar-refractivity contribution in [2.45, 2.75) is 11.8 Å². The highest BCUT2D eigenvalue weighted by molar-refractivity contribution is 7.92. The van der Waals surface area contributed by atoms with E-state index in [0.717, 1.165) is 12.3 Å². The predicted molar refractivity (Wildman–Crippen MR) is 76.2 cm³/mol. The molecule has 1 heterocycles. The van der Waals surface area contributed by atoms with Gasteiger partial charge < -0.3 is 14.8 Å². The summed E-state index contributed by atoms with van der Waals surface area (Å²) < 4.78 is 31.9. The van der Waals surface area contributed by atoms with Crippen molar-refractivity contribution in [3.63, 3.8) is 0 Å². The van der Waals surface area contributed by atoms with Crippen LogP contribution in [0.4, 0.5) is 5.69 Å². The third-order valence-electron chi connectivity index (χ3n) is 2.59. The summed E-state index contributed by atoms with van der Waals surface area (Å²) in [5.41, 5.74) is 0.137. The molecule has 1 aromatic heterocycles. The quantitative estimate of drug-likeness (QED) is 0.755. The number of aromatic amines is 1. The molecule has 0 aliphatic carbocycles. The summed E-state index contributed by atoms with van der Waals surface area (Å²) >= 11 is 0. The molecular weight excluding hydrogens is 296 g/mol. The lowest BCUT2D eigenvalue weighted by atomic mass is 10.3. The fourth-order valence-corrected chi connectivity index (χ4v) is 2.73. The number of nitrogens with one attached hydrogen (secondary N) is 2. The maximum absolute atomic E-state index is 12.1. The second-order valence-corrected chi connectivity index (χ2v) is 5.80. The molecule has 0 radical (unpaired) electrons. The van der Waals surface area contributed by atoms with Gasteiger partial charge in [0.25, 0.3) is 10.0 Å². The van der Waals surface area contributed by atoms with Crippen LogP contribution in [0, 0.1) is 0 Å². The third-order valence-corrected chi connectivity index (χ3v) is 3.96. The lowest BCUT2D eigenvalue weighted by Crippen LogP contribution is -2.12. The lowest BCUT2D eigenvalue weighted by Gasteiger charge is -2.08. The van der Waals surface area contributed by atoms with E-state index in [1.165, 1.54) is 0 Å². The zero-order chi connectivity index (χ0) is 15.5. The molecule has 8 heteroatoms. The Hall–Kier alpha value is -2.48. The molecule has 0 aliphatic heterocycles. The van der Waals surface area contributed by atoms with Crippen molar-refractivity contribution in [3.05, 3.63) is 42.2 Å². The highest BCUT2D eigenvalue weighted by Gasteiger charge is 2.18. The molecule has 21 heavy (non-hydrogen) atoms. The number of carbonyl (C=O) groups is 1. The fourth-order valence-electron chi connectivity index (χ4n) is 1.68. The number of sulfonamides is 1. The second kappa shape index (κ2) is 5.88. The van der Waals surface area contributed by atoms with Gasteiger partial charge in [-0.2, -0.15) is 0 Å². The topological polar surface area (TPSA) is 108 Å². The largest absolute Gasteiger partial charge is 0.494 e. The first-order valence-electron chi connectivity index (χ1n) is 6.10. The molecule has 0 amide bonds. The van der Waals surface area contributed by atoms with Crippen molar-refractivity contribution >= 4 is 21.7 Å². The van der Waals surface area contributed by atoms with Gasteiger partial charge in [-0.15, -0.1) is 0 Å². The van der Waals surface area contributed by atoms with E-state index in [1.807, 2.05) is 6.92 Å². The number of benzene rings is 1. The molecule has 1 aromatic carbocycles. The Bertz CT molecular complexity index is 751. The number of ether oxygens (including phenoxy) is 1. The molecule has 0 atom stereocenters. The first-order valence-corrected chi connectivity index (χ1v) is 7.58. The van der Waals surface area contributed by atoms with E-state index < -0.39 is 16.0 Å². The molecule has 0 spiro atoms. The number of hydrogen-bond acceptors (Lipinski definition) is 4. The second-order valence-electron chi connectivity index (χ2n) is 4.12. The van der Waals surface area contributed by atoms with Gasteiger partial charge in [-0.05, 0) is 25.1 Å². The van der Waals surface area contributed by atoms with Gasteiger partial charge in [0.2, 0.25) is 0 Å². The van der Waals surface area contributed by atoms with Gasteiger partial charge in [0, 0.05) is 12.3 Å². The lowest BCUT2D eigenvalue weighted by molar-refractivity contribution is 0.0691. The van der Waals surface area contributed by atoms with Crippen LogP contribution in [0.25, 0.3) is 0 Å². The average molecular weight is 310 g/mol. The SMILES string of the molecule is CCOc1cccc(NS(=O)(=O)c2c[nH]c(C(=O)O)c2)c1. The summed E-state index contributed by atoms with van der Waals surface area (Å²) in [5, 5.41) is 8.79. The molecule has 0 saturated heterocycles. The van der Waals surface area contributed by atoms with Gasteiger partial charge in [0.05, 0.1) is 12.3 Å². The van der Waals surface area contributed by atoms with Crippen LogP contribution in [-0.4, -0.2) is 31.1 Å². The molecule has 0 fully saturated rings.